The number of amides is 1. The van der Waals surface area contributed by atoms with Gasteiger partial charge >= 0.3 is 0 Å². The number of benzene rings is 1. The Hall–Kier alpha value is -2.20. The number of carbonyl (C=O) groups excluding carboxylic acids is 1. The van der Waals surface area contributed by atoms with Crippen molar-refractivity contribution in [2.45, 2.75) is 57.2 Å². The summed E-state index contributed by atoms with van der Waals surface area (Å²) in [4.78, 5) is 19.8. The van der Waals surface area contributed by atoms with Crippen molar-refractivity contribution in [2.75, 3.05) is 6.54 Å². The SMILES string of the molecule is O=C(NC1CCc2ncccc2C1)C1CCCCN1Cc1ccccc1. The average Bonchev–Trinajstić information content (AvgIpc) is 2.69. The zero-order valence-electron chi connectivity index (χ0n) is 15.2. The maximum absolute atomic E-state index is 13.0. The molecule has 136 valence electrons. The smallest absolute Gasteiger partial charge is 0.237 e. The fraction of sp³-hybridized carbons (Fsp3) is 0.455. The molecule has 1 N–H and O–H groups in total. The van der Waals surface area contributed by atoms with Crippen LogP contribution in [0.5, 0.6) is 0 Å². The van der Waals surface area contributed by atoms with Crippen LogP contribution in [-0.2, 0) is 24.2 Å². The molecule has 2 aromatic rings. The summed E-state index contributed by atoms with van der Waals surface area (Å²) in [6.07, 6.45) is 7.99. The number of hydrogen-bond acceptors (Lipinski definition) is 3. The Balaban J connectivity index is 1.39. The van der Waals surface area contributed by atoms with Gasteiger partial charge in [0.25, 0.3) is 0 Å². The number of fused-ring (bicyclic) bond motifs is 1. The Labute approximate surface area is 155 Å². The first kappa shape index (κ1) is 17.2. The van der Waals surface area contributed by atoms with Crippen LogP contribution in [0.3, 0.4) is 0 Å². The number of nitrogens with zero attached hydrogens (tertiary/aromatic N) is 2. The molecule has 1 amide bonds. The van der Waals surface area contributed by atoms with Crippen LogP contribution in [0.4, 0.5) is 0 Å². The van der Waals surface area contributed by atoms with E-state index in [-0.39, 0.29) is 18.0 Å². The molecule has 26 heavy (non-hydrogen) atoms. The molecule has 1 aromatic carbocycles. The van der Waals surface area contributed by atoms with E-state index in [0.717, 1.165) is 45.2 Å². The van der Waals surface area contributed by atoms with Crippen LogP contribution >= 0.6 is 0 Å². The summed E-state index contributed by atoms with van der Waals surface area (Å²) in [7, 11) is 0. The van der Waals surface area contributed by atoms with Crippen LogP contribution in [0.25, 0.3) is 0 Å². The summed E-state index contributed by atoms with van der Waals surface area (Å²) < 4.78 is 0. The first-order chi connectivity index (χ1) is 12.8. The van der Waals surface area contributed by atoms with Crippen molar-refractivity contribution in [3.05, 3.63) is 65.5 Å². The van der Waals surface area contributed by atoms with Crippen LogP contribution in [0.2, 0.25) is 0 Å². The molecule has 1 aliphatic heterocycles. The zero-order chi connectivity index (χ0) is 17.8. The number of piperidine rings is 1. The van der Waals surface area contributed by atoms with Crippen molar-refractivity contribution in [1.29, 1.82) is 0 Å². The Bertz CT molecular complexity index is 746. The molecule has 2 heterocycles. The maximum atomic E-state index is 13.0. The lowest BCUT2D eigenvalue weighted by Gasteiger charge is -2.36. The molecule has 4 heteroatoms. The number of pyridine rings is 1. The highest BCUT2D eigenvalue weighted by Gasteiger charge is 2.30. The van der Waals surface area contributed by atoms with Crippen LogP contribution in [0, 0.1) is 0 Å². The highest BCUT2D eigenvalue weighted by molar-refractivity contribution is 5.82. The van der Waals surface area contributed by atoms with E-state index in [0.29, 0.717) is 0 Å². The Morgan fingerprint density at radius 1 is 1.12 bits per heavy atom. The zero-order valence-corrected chi connectivity index (χ0v) is 15.2. The van der Waals surface area contributed by atoms with Crippen LogP contribution < -0.4 is 5.32 Å². The molecule has 0 bridgehead atoms. The molecule has 2 atom stereocenters. The average molecular weight is 349 g/mol. The molecule has 0 saturated carbocycles. The Morgan fingerprint density at radius 2 is 2.00 bits per heavy atom. The number of rotatable bonds is 4. The minimum Gasteiger partial charge on any atom is -0.352 e. The minimum atomic E-state index is -0.000693. The Kier molecular flexibility index (Phi) is 5.30. The largest absolute Gasteiger partial charge is 0.352 e. The molecule has 0 radical (unpaired) electrons. The lowest BCUT2D eigenvalue weighted by Crippen LogP contribution is -2.52. The van der Waals surface area contributed by atoms with Crippen molar-refractivity contribution in [3.63, 3.8) is 0 Å². The monoisotopic (exact) mass is 349 g/mol. The molecular formula is C22H27N3O. The van der Waals surface area contributed by atoms with Gasteiger partial charge in [0.1, 0.15) is 0 Å². The van der Waals surface area contributed by atoms with Gasteiger partial charge in [-0.3, -0.25) is 14.7 Å². The first-order valence-corrected chi connectivity index (χ1v) is 9.81. The molecule has 1 saturated heterocycles. The van der Waals surface area contributed by atoms with Gasteiger partial charge in [0.15, 0.2) is 0 Å². The van der Waals surface area contributed by atoms with Crippen molar-refractivity contribution in [2.24, 2.45) is 0 Å². The molecule has 0 spiro atoms. The number of hydrogen-bond donors (Lipinski definition) is 1. The van der Waals surface area contributed by atoms with Gasteiger partial charge in [0, 0.05) is 24.5 Å². The van der Waals surface area contributed by atoms with E-state index in [1.807, 2.05) is 18.3 Å². The second-order valence-electron chi connectivity index (χ2n) is 7.53. The van der Waals surface area contributed by atoms with E-state index in [1.165, 1.54) is 23.2 Å². The van der Waals surface area contributed by atoms with E-state index < -0.39 is 0 Å². The maximum Gasteiger partial charge on any atom is 0.237 e. The third kappa shape index (κ3) is 3.96. The van der Waals surface area contributed by atoms with Crippen molar-refractivity contribution in [3.8, 4) is 0 Å². The molecular weight excluding hydrogens is 322 g/mol. The number of aryl methyl sites for hydroxylation is 1. The summed E-state index contributed by atoms with van der Waals surface area (Å²) in [5, 5.41) is 3.34. The molecule has 2 aliphatic rings. The third-order valence-corrected chi connectivity index (χ3v) is 5.67. The molecule has 1 aromatic heterocycles. The molecule has 1 fully saturated rings. The van der Waals surface area contributed by atoms with E-state index in [9.17, 15) is 4.79 Å². The van der Waals surface area contributed by atoms with Crippen molar-refractivity contribution in [1.82, 2.24) is 15.2 Å². The van der Waals surface area contributed by atoms with Gasteiger partial charge in [-0.2, -0.15) is 0 Å². The standard InChI is InChI=1S/C22H27N3O/c26-22(24-19-11-12-20-18(15-19)9-6-13-23-20)21-10-4-5-14-25(21)16-17-7-2-1-3-8-17/h1-3,6-9,13,19,21H,4-5,10-12,14-16H2,(H,24,26). The quantitative estimate of drug-likeness (QED) is 0.922. The minimum absolute atomic E-state index is 0.000693. The second-order valence-corrected chi connectivity index (χ2v) is 7.53. The Morgan fingerprint density at radius 3 is 2.88 bits per heavy atom. The molecule has 4 rings (SSSR count). The molecule has 4 nitrogen and oxygen atoms in total. The van der Waals surface area contributed by atoms with E-state index >= 15 is 0 Å². The van der Waals surface area contributed by atoms with Gasteiger partial charge in [-0.05, 0) is 55.8 Å². The highest BCUT2D eigenvalue weighted by Crippen LogP contribution is 2.22. The summed E-state index contributed by atoms with van der Waals surface area (Å²) >= 11 is 0. The predicted octanol–water partition coefficient (Wildman–Crippen LogP) is 3.11. The van der Waals surface area contributed by atoms with E-state index in [4.69, 9.17) is 0 Å². The summed E-state index contributed by atoms with van der Waals surface area (Å²) in [6, 6.07) is 14.8. The summed E-state index contributed by atoms with van der Waals surface area (Å²) in [6.45, 7) is 1.86. The van der Waals surface area contributed by atoms with Gasteiger partial charge in [0.2, 0.25) is 5.91 Å². The van der Waals surface area contributed by atoms with E-state index in [2.05, 4.69) is 45.5 Å². The predicted molar refractivity (Wildman–Crippen MR) is 103 cm³/mol. The van der Waals surface area contributed by atoms with Gasteiger partial charge in [-0.1, -0.05) is 42.8 Å². The van der Waals surface area contributed by atoms with Gasteiger partial charge < -0.3 is 5.32 Å². The topological polar surface area (TPSA) is 45.2 Å². The normalized spacial score (nSPS) is 23.2. The van der Waals surface area contributed by atoms with Gasteiger partial charge in [-0.15, -0.1) is 0 Å². The fourth-order valence-electron chi connectivity index (χ4n) is 4.28. The van der Waals surface area contributed by atoms with Crippen LogP contribution in [0.1, 0.15) is 42.5 Å². The summed E-state index contributed by atoms with van der Waals surface area (Å²) in [5.41, 5.74) is 3.76. The van der Waals surface area contributed by atoms with Crippen LogP contribution in [0.15, 0.2) is 48.7 Å². The number of nitrogens with one attached hydrogen (secondary N) is 1. The number of carbonyl (C=O) groups is 1. The molecule has 1 aliphatic carbocycles. The highest BCUT2D eigenvalue weighted by atomic mass is 16.2. The number of aromatic nitrogens is 1. The first-order valence-electron chi connectivity index (χ1n) is 9.81. The lowest BCUT2D eigenvalue weighted by molar-refractivity contribution is -0.128. The van der Waals surface area contributed by atoms with Gasteiger partial charge in [0.05, 0.1) is 6.04 Å². The summed E-state index contributed by atoms with van der Waals surface area (Å²) in [5.74, 6) is 0.206. The lowest BCUT2D eigenvalue weighted by atomic mass is 9.91. The number of likely N-dealkylation sites (tertiary alicyclic amines) is 1. The second kappa shape index (κ2) is 8.00. The van der Waals surface area contributed by atoms with Crippen molar-refractivity contribution >= 4 is 5.91 Å². The third-order valence-electron chi connectivity index (χ3n) is 5.67. The van der Waals surface area contributed by atoms with Crippen molar-refractivity contribution < 1.29 is 4.79 Å². The fourth-order valence-corrected chi connectivity index (χ4v) is 4.28. The van der Waals surface area contributed by atoms with Crippen LogP contribution in [-0.4, -0.2) is 34.4 Å². The van der Waals surface area contributed by atoms with Gasteiger partial charge in [-0.25, -0.2) is 0 Å². The molecule has 2 unspecified atom stereocenters. The van der Waals surface area contributed by atoms with E-state index in [1.54, 1.807) is 0 Å².